The van der Waals surface area contributed by atoms with Crippen LogP contribution >= 0.6 is 34.8 Å². The van der Waals surface area contributed by atoms with Crippen LogP contribution in [0.1, 0.15) is 24.1 Å². The summed E-state index contributed by atoms with van der Waals surface area (Å²) in [7, 11) is 1.63. The van der Waals surface area contributed by atoms with Crippen LogP contribution in [0, 0.1) is 0 Å². The molecule has 0 fully saturated rings. The van der Waals surface area contributed by atoms with Crippen LogP contribution in [-0.4, -0.2) is 13.7 Å². The quantitative estimate of drug-likeness (QED) is 0.789. The Kier molecular flexibility index (Phi) is 5.77. The summed E-state index contributed by atoms with van der Waals surface area (Å²) in [6, 6.07) is 10.8. The fourth-order valence-corrected chi connectivity index (χ4v) is 2.85. The SMILES string of the molecule is CCNC(c1cc(Cl)ccc1Cl)c1cc(Cl)ccc1OC. The zero-order valence-electron chi connectivity index (χ0n) is 11.8. The number of benzene rings is 2. The normalized spacial score (nSPS) is 12.2. The maximum absolute atomic E-state index is 6.34. The summed E-state index contributed by atoms with van der Waals surface area (Å²) >= 11 is 18.6. The lowest BCUT2D eigenvalue weighted by Gasteiger charge is -2.22. The smallest absolute Gasteiger partial charge is 0.124 e. The molecule has 1 atom stereocenters. The molecule has 2 rings (SSSR count). The van der Waals surface area contributed by atoms with E-state index in [0.29, 0.717) is 15.1 Å². The first kappa shape index (κ1) is 16.4. The molecule has 1 unspecified atom stereocenters. The van der Waals surface area contributed by atoms with Crippen LogP contribution in [0.2, 0.25) is 15.1 Å². The summed E-state index contributed by atoms with van der Waals surface area (Å²) in [6.45, 7) is 2.80. The number of halogens is 3. The minimum absolute atomic E-state index is 0.144. The van der Waals surface area contributed by atoms with E-state index < -0.39 is 0 Å². The van der Waals surface area contributed by atoms with Gasteiger partial charge in [-0.15, -0.1) is 0 Å². The second-order valence-corrected chi connectivity index (χ2v) is 5.82. The number of hydrogen-bond donors (Lipinski definition) is 1. The van der Waals surface area contributed by atoms with Crippen LogP contribution in [0.15, 0.2) is 36.4 Å². The van der Waals surface area contributed by atoms with E-state index in [9.17, 15) is 0 Å². The molecule has 0 saturated carbocycles. The summed E-state index contributed by atoms with van der Waals surface area (Å²) < 4.78 is 5.44. The molecule has 0 aliphatic rings. The molecule has 0 aliphatic carbocycles. The van der Waals surface area contributed by atoms with Crippen molar-refractivity contribution in [3.05, 3.63) is 62.6 Å². The number of ether oxygens (including phenoxy) is 1. The van der Waals surface area contributed by atoms with Crippen molar-refractivity contribution in [3.63, 3.8) is 0 Å². The highest BCUT2D eigenvalue weighted by Crippen LogP contribution is 2.36. The van der Waals surface area contributed by atoms with E-state index in [4.69, 9.17) is 39.5 Å². The summed E-state index contributed by atoms with van der Waals surface area (Å²) in [5.74, 6) is 0.751. The minimum Gasteiger partial charge on any atom is -0.496 e. The highest BCUT2D eigenvalue weighted by Gasteiger charge is 2.20. The summed E-state index contributed by atoms with van der Waals surface area (Å²) in [6.07, 6.45) is 0. The Morgan fingerprint density at radius 1 is 1.00 bits per heavy atom. The van der Waals surface area contributed by atoms with Crippen molar-refractivity contribution in [2.24, 2.45) is 0 Å². The molecule has 0 spiro atoms. The molecular formula is C16H16Cl3NO. The summed E-state index contributed by atoms with van der Waals surface area (Å²) in [4.78, 5) is 0. The van der Waals surface area contributed by atoms with Crippen molar-refractivity contribution in [1.82, 2.24) is 5.32 Å². The Bertz CT molecular complexity index is 631. The van der Waals surface area contributed by atoms with Gasteiger partial charge in [-0.05, 0) is 48.5 Å². The third-order valence-electron chi connectivity index (χ3n) is 3.18. The Labute approximate surface area is 140 Å². The number of rotatable bonds is 5. The Balaban J connectivity index is 2.58. The molecule has 5 heteroatoms. The van der Waals surface area contributed by atoms with Gasteiger partial charge < -0.3 is 10.1 Å². The third kappa shape index (κ3) is 3.83. The van der Waals surface area contributed by atoms with Crippen molar-refractivity contribution in [3.8, 4) is 5.75 Å². The molecule has 21 heavy (non-hydrogen) atoms. The maximum Gasteiger partial charge on any atom is 0.124 e. The van der Waals surface area contributed by atoms with Gasteiger partial charge in [0.05, 0.1) is 13.2 Å². The van der Waals surface area contributed by atoms with E-state index >= 15 is 0 Å². The molecule has 0 radical (unpaired) electrons. The maximum atomic E-state index is 6.34. The molecule has 2 aromatic rings. The van der Waals surface area contributed by atoms with Gasteiger partial charge in [0.25, 0.3) is 0 Å². The fraction of sp³-hybridized carbons (Fsp3) is 0.250. The highest BCUT2D eigenvalue weighted by atomic mass is 35.5. The molecule has 0 heterocycles. The molecule has 0 aliphatic heterocycles. The lowest BCUT2D eigenvalue weighted by Crippen LogP contribution is -2.23. The standard InChI is InChI=1S/C16H16Cl3NO/c1-3-20-16(12-8-10(17)4-6-14(12)19)13-9-11(18)5-7-15(13)21-2/h4-9,16,20H,3H2,1-2H3. The Morgan fingerprint density at radius 2 is 1.62 bits per heavy atom. The monoisotopic (exact) mass is 343 g/mol. The van der Waals surface area contributed by atoms with Crippen LogP contribution in [-0.2, 0) is 0 Å². The van der Waals surface area contributed by atoms with Crippen molar-refractivity contribution in [2.45, 2.75) is 13.0 Å². The molecular weight excluding hydrogens is 329 g/mol. The molecule has 2 nitrogen and oxygen atoms in total. The van der Waals surface area contributed by atoms with Crippen LogP contribution in [0.5, 0.6) is 5.75 Å². The molecule has 0 amide bonds. The van der Waals surface area contributed by atoms with Crippen LogP contribution in [0.3, 0.4) is 0 Å². The van der Waals surface area contributed by atoms with E-state index in [-0.39, 0.29) is 6.04 Å². The first-order chi connectivity index (χ1) is 10.1. The van der Waals surface area contributed by atoms with Crippen molar-refractivity contribution in [1.29, 1.82) is 0 Å². The molecule has 1 N–H and O–H groups in total. The van der Waals surface area contributed by atoms with Crippen molar-refractivity contribution in [2.75, 3.05) is 13.7 Å². The van der Waals surface area contributed by atoms with Gasteiger partial charge in [0.1, 0.15) is 5.75 Å². The zero-order valence-corrected chi connectivity index (χ0v) is 14.1. The lowest BCUT2D eigenvalue weighted by atomic mass is 9.97. The number of nitrogens with one attached hydrogen (secondary N) is 1. The predicted molar refractivity (Wildman–Crippen MR) is 90.0 cm³/mol. The van der Waals surface area contributed by atoms with Crippen LogP contribution < -0.4 is 10.1 Å². The van der Waals surface area contributed by atoms with E-state index in [2.05, 4.69) is 5.32 Å². The predicted octanol–water partition coefficient (Wildman–Crippen LogP) is 5.35. The van der Waals surface area contributed by atoms with Gasteiger partial charge in [-0.1, -0.05) is 41.7 Å². The van der Waals surface area contributed by atoms with Gasteiger partial charge in [-0.2, -0.15) is 0 Å². The fourth-order valence-electron chi connectivity index (χ4n) is 2.26. The molecule has 0 bridgehead atoms. The highest BCUT2D eigenvalue weighted by molar-refractivity contribution is 6.33. The minimum atomic E-state index is -0.144. The topological polar surface area (TPSA) is 21.3 Å². The van der Waals surface area contributed by atoms with Gasteiger partial charge in [0.15, 0.2) is 0 Å². The summed E-state index contributed by atoms with van der Waals surface area (Å²) in [5, 5.41) is 5.33. The average Bonchev–Trinajstić information content (AvgIpc) is 2.47. The van der Waals surface area contributed by atoms with Gasteiger partial charge >= 0.3 is 0 Å². The van der Waals surface area contributed by atoms with E-state index in [0.717, 1.165) is 23.4 Å². The molecule has 2 aromatic carbocycles. The Morgan fingerprint density at radius 3 is 2.24 bits per heavy atom. The first-order valence-electron chi connectivity index (χ1n) is 6.58. The summed E-state index contributed by atoms with van der Waals surface area (Å²) in [5.41, 5.74) is 1.82. The van der Waals surface area contributed by atoms with Gasteiger partial charge in [-0.3, -0.25) is 0 Å². The zero-order chi connectivity index (χ0) is 15.4. The van der Waals surface area contributed by atoms with Crippen LogP contribution in [0.4, 0.5) is 0 Å². The number of hydrogen-bond acceptors (Lipinski definition) is 2. The Hall–Kier alpha value is -0.930. The van der Waals surface area contributed by atoms with Gasteiger partial charge in [0.2, 0.25) is 0 Å². The number of methoxy groups -OCH3 is 1. The van der Waals surface area contributed by atoms with Gasteiger partial charge in [0, 0.05) is 20.6 Å². The van der Waals surface area contributed by atoms with E-state index in [1.165, 1.54) is 0 Å². The lowest BCUT2D eigenvalue weighted by molar-refractivity contribution is 0.404. The van der Waals surface area contributed by atoms with Gasteiger partial charge in [-0.25, -0.2) is 0 Å². The molecule has 112 valence electrons. The molecule has 0 saturated heterocycles. The largest absolute Gasteiger partial charge is 0.496 e. The average molecular weight is 345 g/mol. The van der Waals surface area contributed by atoms with E-state index in [1.807, 2.05) is 25.1 Å². The first-order valence-corrected chi connectivity index (χ1v) is 7.72. The van der Waals surface area contributed by atoms with Crippen LogP contribution in [0.25, 0.3) is 0 Å². The second kappa shape index (κ2) is 7.37. The second-order valence-electron chi connectivity index (χ2n) is 4.54. The van der Waals surface area contributed by atoms with Crippen molar-refractivity contribution < 1.29 is 4.74 Å². The molecule has 0 aromatic heterocycles. The third-order valence-corrected chi connectivity index (χ3v) is 3.99. The van der Waals surface area contributed by atoms with E-state index in [1.54, 1.807) is 25.3 Å². The van der Waals surface area contributed by atoms with Crippen molar-refractivity contribution >= 4 is 34.8 Å².